The molecule has 0 aliphatic rings. The number of hydrogen-bond acceptors (Lipinski definition) is 12. The Morgan fingerprint density at radius 2 is 1.28 bits per heavy atom. The van der Waals surface area contributed by atoms with E-state index in [0.29, 0.717) is 22.6 Å². The number of hydrogen-bond donors (Lipinski definition) is 1. The standard InChI is InChI=1S/C43H53N3O11/c1-27(47)23-35(38(50)56-42(6,7)8)46(25-30-13-12-14-32(24-30)37(49)55-41(3,4)5)40(52)53-26-29-15-21-34(22-16-29)54-36(48)31-17-19-33(20-18-31)44-28(2)45-39(51)57-43(9,10)11/h12-22,24,35H,23,25-26H2,1-11H3,(H,44,45,51)/t35-/m0/s1. The highest BCUT2D eigenvalue weighted by Crippen LogP contribution is 2.22. The molecule has 14 heteroatoms. The number of carbonyl (C=O) groups excluding carboxylic acids is 6. The number of nitrogens with one attached hydrogen (secondary N) is 1. The summed E-state index contributed by atoms with van der Waals surface area (Å²) in [5.74, 6) is -1.81. The predicted octanol–water partition coefficient (Wildman–Crippen LogP) is 8.26. The molecule has 3 rings (SSSR count). The number of nitrogens with zero attached hydrogens (tertiary/aromatic N) is 2. The number of Topliss-reactive ketones (excluding diaryl/α,β-unsaturated/α-hetero) is 1. The van der Waals surface area contributed by atoms with Gasteiger partial charge in [0.05, 0.1) is 16.8 Å². The first-order valence-electron chi connectivity index (χ1n) is 18.3. The quantitative estimate of drug-likeness (QED) is 0.0615. The first kappa shape index (κ1) is 45.3. The van der Waals surface area contributed by atoms with Crippen molar-refractivity contribution >= 4 is 47.4 Å². The van der Waals surface area contributed by atoms with Crippen LogP contribution in [-0.2, 0) is 41.7 Å². The minimum Gasteiger partial charge on any atom is -0.458 e. The average molecular weight is 788 g/mol. The number of aliphatic imine (C=N–C) groups is 1. The topological polar surface area (TPSA) is 176 Å². The van der Waals surface area contributed by atoms with E-state index >= 15 is 0 Å². The minimum atomic E-state index is -1.33. The molecule has 0 saturated heterocycles. The van der Waals surface area contributed by atoms with Crippen LogP contribution in [0.15, 0.2) is 77.8 Å². The molecule has 2 amide bonds. The smallest absolute Gasteiger partial charge is 0.413 e. The molecule has 3 aromatic carbocycles. The van der Waals surface area contributed by atoms with E-state index in [0.717, 1.165) is 4.90 Å². The van der Waals surface area contributed by atoms with Crippen LogP contribution in [0.2, 0.25) is 0 Å². The summed E-state index contributed by atoms with van der Waals surface area (Å²) < 4.78 is 27.5. The lowest BCUT2D eigenvalue weighted by Crippen LogP contribution is -2.48. The van der Waals surface area contributed by atoms with Crippen molar-refractivity contribution < 1.29 is 52.5 Å². The maximum absolute atomic E-state index is 13.8. The summed E-state index contributed by atoms with van der Waals surface area (Å²) in [6.07, 6.45) is -1.88. The molecule has 1 atom stereocenters. The van der Waals surface area contributed by atoms with Crippen molar-refractivity contribution in [2.45, 2.75) is 119 Å². The van der Waals surface area contributed by atoms with E-state index in [2.05, 4.69) is 10.3 Å². The summed E-state index contributed by atoms with van der Waals surface area (Å²) in [6, 6.07) is 17.6. The van der Waals surface area contributed by atoms with Crippen LogP contribution in [0.3, 0.4) is 0 Å². The number of rotatable bonds is 12. The van der Waals surface area contributed by atoms with E-state index in [1.165, 1.54) is 31.2 Å². The number of carbonyl (C=O) groups is 6. The second-order valence-corrected chi connectivity index (χ2v) is 16.2. The lowest BCUT2D eigenvalue weighted by atomic mass is 10.1. The van der Waals surface area contributed by atoms with Crippen molar-refractivity contribution in [2.75, 3.05) is 0 Å². The van der Waals surface area contributed by atoms with Crippen LogP contribution in [0.5, 0.6) is 5.75 Å². The molecule has 1 N–H and O–H groups in total. The lowest BCUT2D eigenvalue weighted by Gasteiger charge is -2.31. The molecule has 0 heterocycles. The second-order valence-electron chi connectivity index (χ2n) is 16.2. The van der Waals surface area contributed by atoms with Gasteiger partial charge in [-0.2, -0.15) is 0 Å². The van der Waals surface area contributed by atoms with Gasteiger partial charge in [0.15, 0.2) is 0 Å². The number of esters is 3. The first-order chi connectivity index (χ1) is 26.4. The van der Waals surface area contributed by atoms with E-state index in [-0.39, 0.29) is 42.2 Å². The Morgan fingerprint density at radius 3 is 1.84 bits per heavy atom. The summed E-state index contributed by atoms with van der Waals surface area (Å²) in [7, 11) is 0. The third-order valence-electron chi connectivity index (χ3n) is 7.26. The Morgan fingerprint density at radius 1 is 0.684 bits per heavy atom. The van der Waals surface area contributed by atoms with Gasteiger partial charge in [0, 0.05) is 13.0 Å². The fourth-order valence-corrected chi connectivity index (χ4v) is 4.99. The highest BCUT2D eigenvalue weighted by Gasteiger charge is 2.36. The highest BCUT2D eigenvalue weighted by molar-refractivity contribution is 5.96. The molecule has 0 aromatic heterocycles. The molecule has 0 bridgehead atoms. The van der Waals surface area contributed by atoms with Crippen LogP contribution in [0.4, 0.5) is 15.3 Å². The normalized spacial score (nSPS) is 12.4. The Kier molecular flexibility index (Phi) is 15.3. The molecule has 3 aromatic rings. The van der Waals surface area contributed by atoms with Gasteiger partial charge in [-0.15, -0.1) is 0 Å². The van der Waals surface area contributed by atoms with Crippen LogP contribution in [0.25, 0.3) is 0 Å². The SMILES string of the molecule is CC(=O)C[C@@H](C(=O)OC(C)(C)C)N(Cc1cccc(C(=O)OC(C)(C)C)c1)C(=O)OCc1ccc(OC(=O)c2ccc(N=C(C)NC(=O)OC(C)(C)C)cc2)cc1. The van der Waals surface area contributed by atoms with E-state index in [4.69, 9.17) is 23.7 Å². The number of ether oxygens (including phenoxy) is 5. The van der Waals surface area contributed by atoms with E-state index < -0.39 is 52.9 Å². The van der Waals surface area contributed by atoms with Gasteiger partial charge in [0.2, 0.25) is 0 Å². The molecule has 0 aliphatic heterocycles. The Balaban J connectivity index is 1.73. The second kappa shape index (κ2) is 19.2. The van der Waals surface area contributed by atoms with Crippen LogP contribution in [0.1, 0.15) is 114 Å². The largest absolute Gasteiger partial charge is 0.458 e. The molecule has 57 heavy (non-hydrogen) atoms. The summed E-state index contributed by atoms with van der Waals surface area (Å²) in [6.45, 7) is 18.0. The molecule has 306 valence electrons. The van der Waals surface area contributed by atoms with Gasteiger partial charge < -0.3 is 23.7 Å². The maximum Gasteiger partial charge on any atom is 0.413 e. The van der Waals surface area contributed by atoms with Crippen molar-refractivity contribution in [3.63, 3.8) is 0 Å². The summed E-state index contributed by atoms with van der Waals surface area (Å²) in [5.41, 5.74) is -0.309. The van der Waals surface area contributed by atoms with Gasteiger partial charge in [0.25, 0.3) is 0 Å². The van der Waals surface area contributed by atoms with E-state index in [1.54, 1.807) is 118 Å². The van der Waals surface area contributed by atoms with Crippen LogP contribution in [0, 0.1) is 0 Å². The Bertz CT molecular complexity index is 1950. The zero-order chi connectivity index (χ0) is 42.7. The maximum atomic E-state index is 13.8. The van der Waals surface area contributed by atoms with Gasteiger partial charge in [-0.25, -0.2) is 29.0 Å². The lowest BCUT2D eigenvalue weighted by molar-refractivity contribution is -0.162. The summed E-state index contributed by atoms with van der Waals surface area (Å²) in [5, 5.41) is 2.55. The molecule has 0 radical (unpaired) electrons. The van der Waals surface area contributed by atoms with Gasteiger partial charge in [-0.1, -0.05) is 24.3 Å². The monoisotopic (exact) mass is 787 g/mol. The van der Waals surface area contributed by atoms with Crippen molar-refractivity contribution in [2.24, 2.45) is 4.99 Å². The molecule has 0 unspecified atom stereocenters. The van der Waals surface area contributed by atoms with Gasteiger partial charge in [-0.05, 0) is 136 Å². The third-order valence-corrected chi connectivity index (χ3v) is 7.26. The molecular formula is C43H53N3O11. The predicted molar refractivity (Wildman–Crippen MR) is 212 cm³/mol. The Labute approximate surface area is 333 Å². The molecular weight excluding hydrogens is 734 g/mol. The molecule has 14 nitrogen and oxygen atoms in total. The number of benzene rings is 3. The number of amides is 2. The zero-order valence-corrected chi connectivity index (χ0v) is 34.5. The minimum absolute atomic E-state index is 0.197. The number of ketones is 1. The molecule has 0 saturated carbocycles. The van der Waals surface area contributed by atoms with Crippen LogP contribution in [-0.4, -0.2) is 69.5 Å². The summed E-state index contributed by atoms with van der Waals surface area (Å²) >= 11 is 0. The third kappa shape index (κ3) is 16.3. The molecule has 0 spiro atoms. The van der Waals surface area contributed by atoms with E-state index in [9.17, 15) is 28.8 Å². The molecule has 0 fully saturated rings. The molecule has 0 aliphatic carbocycles. The number of alkyl carbamates (subject to hydrolysis) is 1. The van der Waals surface area contributed by atoms with Crippen molar-refractivity contribution in [1.82, 2.24) is 10.2 Å². The van der Waals surface area contributed by atoms with Gasteiger partial charge in [-0.3, -0.25) is 15.0 Å². The van der Waals surface area contributed by atoms with Gasteiger partial charge in [0.1, 0.15) is 46.8 Å². The van der Waals surface area contributed by atoms with Crippen molar-refractivity contribution in [1.29, 1.82) is 0 Å². The van der Waals surface area contributed by atoms with Crippen molar-refractivity contribution in [3.8, 4) is 5.75 Å². The summed E-state index contributed by atoms with van der Waals surface area (Å²) in [4.78, 5) is 82.6. The number of amidine groups is 1. The van der Waals surface area contributed by atoms with Gasteiger partial charge >= 0.3 is 30.1 Å². The van der Waals surface area contributed by atoms with Crippen LogP contribution >= 0.6 is 0 Å². The highest BCUT2D eigenvalue weighted by atomic mass is 16.6. The van der Waals surface area contributed by atoms with E-state index in [1.807, 2.05) is 0 Å². The fourth-order valence-electron chi connectivity index (χ4n) is 4.99. The van der Waals surface area contributed by atoms with Crippen LogP contribution < -0.4 is 10.1 Å². The van der Waals surface area contributed by atoms with Crippen molar-refractivity contribution in [3.05, 3.63) is 95.1 Å². The Hall–Kier alpha value is -6.05. The fraction of sp³-hybridized carbons (Fsp3) is 0.419. The zero-order valence-electron chi connectivity index (χ0n) is 34.5. The average Bonchev–Trinajstić information content (AvgIpc) is 3.07. The first-order valence-corrected chi connectivity index (χ1v) is 18.3.